The van der Waals surface area contributed by atoms with Crippen molar-refractivity contribution in [3.63, 3.8) is 0 Å². The molecule has 146 valence electrons. The van der Waals surface area contributed by atoms with Crippen LogP contribution in [0.2, 0.25) is 5.28 Å². The molecule has 0 fully saturated rings. The Balaban J connectivity index is 1.68. The molecule has 5 aromatic carbocycles. The molecule has 6 rings (SSSR count). The van der Waals surface area contributed by atoms with Crippen molar-refractivity contribution in [3.05, 3.63) is 108 Å². The van der Waals surface area contributed by atoms with E-state index in [1.165, 1.54) is 21.9 Å². The first-order valence-corrected chi connectivity index (χ1v) is 10.6. The van der Waals surface area contributed by atoms with Crippen molar-refractivity contribution in [1.82, 2.24) is 9.97 Å². The summed E-state index contributed by atoms with van der Waals surface area (Å²) >= 11 is 6.43. The zero-order chi connectivity index (χ0) is 20.8. The average molecular weight is 417 g/mol. The van der Waals surface area contributed by atoms with Gasteiger partial charge in [0.1, 0.15) is 0 Å². The number of halogens is 1. The Morgan fingerprint density at radius 1 is 0.452 bits per heavy atom. The lowest BCUT2D eigenvalue weighted by Gasteiger charge is -2.13. The Morgan fingerprint density at radius 2 is 0.968 bits per heavy atom. The monoisotopic (exact) mass is 416 g/mol. The van der Waals surface area contributed by atoms with Crippen molar-refractivity contribution < 1.29 is 0 Å². The van der Waals surface area contributed by atoms with Crippen LogP contribution < -0.4 is 0 Å². The minimum absolute atomic E-state index is 0.259. The van der Waals surface area contributed by atoms with Crippen LogP contribution in [-0.2, 0) is 0 Å². The molecule has 31 heavy (non-hydrogen) atoms. The third-order valence-corrected chi connectivity index (χ3v) is 5.98. The van der Waals surface area contributed by atoms with E-state index in [0.717, 1.165) is 32.9 Å². The number of hydrogen-bond donors (Lipinski definition) is 0. The lowest BCUT2D eigenvalue weighted by molar-refractivity contribution is 1.23. The highest BCUT2D eigenvalue weighted by atomic mass is 35.5. The Bertz CT molecular complexity index is 1570. The summed E-state index contributed by atoms with van der Waals surface area (Å²) in [6.45, 7) is 0. The van der Waals surface area contributed by atoms with Crippen LogP contribution >= 0.6 is 11.6 Å². The summed E-state index contributed by atoms with van der Waals surface area (Å²) in [6, 6.07) is 35.7. The van der Waals surface area contributed by atoms with E-state index >= 15 is 0 Å². The maximum Gasteiger partial charge on any atom is 0.223 e. The number of rotatable bonds is 2. The van der Waals surface area contributed by atoms with Gasteiger partial charge in [-0.2, -0.15) is 0 Å². The largest absolute Gasteiger partial charge is 0.223 e. The second-order valence-electron chi connectivity index (χ2n) is 7.60. The molecule has 0 bridgehead atoms. The molecular formula is C28H17ClN2. The van der Waals surface area contributed by atoms with E-state index in [9.17, 15) is 0 Å². The van der Waals surface area contributed by atoms with E-state index in [4.69, 9.17) is 11.6 Å². The van der Waals surface area contributed by atoms with E-state index < -0.39 is 0 Å². The third-order valence-electron chi connectivity index (χ3n) is 5.82. The Hall–Kier alpha value is -3.75. The summed E-state index contributed by atoms with van der Waals surface area (Å²) in [7, 11) is 0. The number of nitrogens with zero attached hydrogens (tertiary/aromatic N) is 2. The summed E-state index contributed by atoms with van der Waals surface area (Å²) < 4.78 is 0. The van der Waals surface area contributed by atoms with Gasteiger partial charge < -0.3 is 0 Å². The molecule has 0 saturated heterocycles. The van der Waals surface area contributed by atoms with Gasteiger partial charge in [-0.1, -0.05) is 103 Å². The third kappa shape index (κ3) is 2.96. The fraction of sp³-hybridized carbons (Fsp3) is 0. The molecule has 3 heteroatoms. The van der Waals surface area contributed by atoms with Crippen LogP contribution in [0.15, 0.2) is 103 Å². The first-order valence-electron chi connectivity index (χ1n) is 10.2. The molecule has 1 aromatic heterocycles. The molecule has 0 atom stereocenters. The number of benzene rings is 5. The predicted molar refractivity (Wildman–Crippen MR) is 130 cm³/mol. The smallest absolute Gasteiger partial charge is 0.217 e. The highest BCUT2D eigenvalue weighted by molar-refractivity contribution is 6.31. The van der Waals surface area contributed by atoms with Gasteiger partial charge in [-0.3, -0.25) is 0 Å². The quantitative estimate of drug-likeness (QED) is 0.211. The Morgan fingerprint density at radius 3 is 1.68 bits per heavy atom. The van der Waals surface area contributed by atoms with E-state index in [1.807, 2.05) is 12.1 Å². The van der Waals surface area contributed by atoms with E-state index in [0.29, 0.717) is 0 Å². The standard InChI is InChI=1S/C28H17ClN2/c29-28-30-26(20-16-14-19(15-17-20)18-8-2-1-3-9-18)25-23-12-6-4-10-21(23)22-11-5-7-13-24(22)27(25)31-28/h1-17H. The van der Waals surface area contributed by atoms with Gasteiger partial charge >= 0.3 is 0 Å². The van der Waals surface area contributed by atoms with Crippen molar-refractivity contribution in [1.29, 1.82) is 0 Å². The SMILES string of the molecule is Clc1nc(-c2ccc(-c3ccccc3)cc2)c2c3ccccc3c3ccccc3c2n1. The molecule has 0 aliphatic carbocycles. The van der Waals surface area contributed by atoms with Gasteiger partial charge in [0, 0.05) is 16.3 Å². The predicted octanol–water partition coefficient (Wildman–Crippen LogP) is 7.92. The minimum Gasteiger partial charge on any atom is -0.217 e. The van der Waals surface area contributed by atoms with Crippen LogP contribution in [0, 0.1) is 0 Å². The maximum atomic E-state index is 6.43. The summed E-state index contributed by atoms with van der Waals surface area (Å²) in [6.07, 6.45) is 0. The minimum atomic E-state index is 0.259. The van der Waals surface area contributed by atoms with Crippen LogP contribution in [0.25, 0.3) is 54.8 Å². The van der Waals surface area contributed by atoms with E-state index in [-0.39, 0.29) is 5.28 Å². The van der Waals surface area contributed by atoms with Gasteiger partial charge in [-0.05, 0) is 38.9 Å². The van der Waals surface area contributed by atoms with Crippen LogP contribution in [0.1, 0.15) is 0 Å². The zero-order valence-corrected chi connectivity index (χ0v) is 17.3. The molecule has 1 heterocycles. The molecule has 6 aromatic rings. The highest BCUT2D eigenvalue weighted by Gasteiger charge is 2.16. The van der Waals surface area contributed by atoms with Gasteiger partial charge in [-0.15, -0.1) is 0 Å². The van der Waals surface area contributed by atoms with Crippen molar-refractivity contribution >= 4 is 44.0 Å². The fourth-order valence-corrected chi connectivity index (χ4v) is 4.57. The molecule has 0 aliphatic heterocycles. The molecule has 2 nitrogen and oxygen atoms in total. The van der Waals surface area contributed by atoms with Crippen molar-refractivity contribution in [2.24, 2.45) is 0 Å². The molecule has 0 N–H and O–H groups in total. The second-order valence-corrected chi connectivity index (χ2v) is 7.94. The van der Waals surface area contributed by atoms with E-state index in [2.05, 4.69) is 101 Å². The van der Waals surface area contributed by atoms with Gasteiger partial charge in [0.15, 0.2) is 0 Å². The molecule has 0 amide bonds. The Labute approximate surface area is 184 Å². The summed E-state index contributed by atoms with van der Waals surface area (Å²) in [5, 5.41) is 5.88. The summed E-state index contributed by atoms with van der Waals surface area (Å²) in [4.78, 5) is 9.34. The second kappa shape index (κ2) is 7.19. The number of aromatic nitrogens is 2. The Kier molecular flexibility index (Phi) is 4.19. The highest BCUT2D eigenvalue weighted by Crippen LogP contribution is 2.39. The van der Waals surface area contributed by atoms with Crippen molar-refractivity contribution in [3.8, 4) is 22.4 Å². The van der Waals surface area contributed by atoms with Gasteiger partial charge in [0.2, 0.25) is 5.28 Å². The summed E-state index contributed by atoms with van der Waals surface area (Å²) in [5.41, 5.74) is 5.13. The van der Waals surface area contributed by atoms with Crippen LogP contribution in [0.5, 0.6) is 0 Å². The van der Waals surface area contributed by atoms with Crippen molar-refractivity contribution in [2.75, 3.05) is 0 Å². The normalized spacial score (nSPS) is 11.4. The average Bonchev–Trinajstić information content (AvgIpc) is 2.84. The molecule has 0 unspecified atom stereocenters. The first kappa shape index (κ1) is 18.1. The summed E-state index contributed by atoms with van der Waals surface area (Å²) in [5.74, 6) is 0. The van der Waals surface area contributed by atoms with Crippen LogP contribution in [0.3, 0.4) is 0 Å². The van der Waals surface area contributed by atoms with Gasteiger partial charge in [-0.25, -0.2) is 9.97 Å². The lowest BCUT2D eigenvalue weighted by Crippen LogP contribution is -1.94. The molecule has 0 saturated carbocycles. The fourth-order valence-electron chi connectivity index (χ4n) is 4.40. The van der Waals surface area contributed by atoms with Crippen LogP contribution in [-0.4, -0.2) is 9.97 Å². The van der Waals surface area contributed by atoms with Crippen LogP contribution in [0.4, 0.5) is 0 Å². The van der Waals surface area contributed by atoms with Gasteiger partial charge in [0.25, 0.3) is 0 Å². The molecule has 0 aliphatic rings. The molecule has 0 radical (unpaired) electrons. The topological polar surface area (TPSA) is 25.8 Å². The lowest BCUT2D eigenvalue weighted by atomic mass is 9.94. The first-order chi connectivity index (χ1) is 15.3. The molecule has 0 spiro atoms. The number of hydrogen-bond acceptors (Lipinski definition) is 2. The van der Waals surface area contributed by atoms with Crippen molar-refractivity contribution in [2.45, 2.75) is 0 Å². The maximum absolute atomic E-state index is 6.43. The van der Waals surface area contributed by atoms with Gasteiger partial charge in [0.05, 0.1) is 11.2 Å². The van der Waals surface area contributed by atoms with E-state index in [1.54, 1.807) is 0 Å². The zero-order valence-electron chi connectivity index (χ0n) is 16.6. The molecular weight excluding hydrogens is 400 g/mol. The number of fused-ring (bicyclic) bond motifs is 6.